The lowest BCUT2D eigenvalue weighted by Gasteiger charge is -2.17. The fourth-order valence-corrected chi connectivity index (χ4v) is 3.37. The summed E-state index contributed by atoms with van der Waals surface area (Å²) in [6.07, 6.45) is 0.744. The first-order chi connectivity index (χ1) is 8.69. The summed E-state index contributed by atoms with van der Waals surface area (Å²) < 4.78 is 0. The molecule has 0 radical (unpaired) electrons. The van der Waals surface area contributed by atoms with Crippen molar-refractivity contribution in [1.29, 1.82) is 0 Å². The smallest absolute Gasteiger partial charge is 0.130 e. The van der Waals surface area contributed by atoms with E-state index in [4.69, 9.17) is 0 Å². The fourth-order valence-electron chi connectivity index (χ4n) is 2.32. The lowest BCUT2D eigenvalue weighted by atomic mass is 10.0. The van der Waals surface area contributed by atoms with Crippen molar-refractivity contribution >= 4 is 11.3 Å². The van der Waals surface area contributed by atoms with Crippen LogP contribution in [0.15, 0.2) is 30.3 Å². The standard InChI is InChI=1S/C14H16N2OS/c1-10-12(11-5-3-2-4-6-11)16-13(18-10)14(17)7-8-15-9-14/h2-6,15,17H,7-9H2,1H3. The summed E-state index contributed by atoms with van der Waals surface area (Å²) in [5, 5.41) is 14.6. The Labute approximate surface area is 111 Å². The van der Waals surface area contributed by atoms with E-state index in [2.05, 4.69) is 29.4 Å². The average molecular weight is 260 g/mol. The molecule has 2 N–H and O–H groups in total. The maximum atomic E-state index is 10.5. The van der Waals surface area contributed by atoms with Gasteiger partial charge in [0.2, 0.25) is 0 Å². The number of hydrogen-bond acceptors (Lipinski definition) is 4. The summed E-state index contributed by atoms with van der Waals surface area (Å²) in [4.78, 5) is 5.83. The van der Waals surface area contributed by atoms with Crippen molar-refractivity contribution in [2.45, 2.75) is 18.9 Å². The molecule has 1 aliphatic rings. The number of nitrogens with one attached hydrogen (secondary N) is 1. The monoisotopic (exact) mass is 260 g/mol. The van der Waals surface area contributed by atoms with E-state index in [1.54, 1.807) is 11.3 Å². The minimum atomic E-state index is -0.775. The molecule has 0 bridgehead atoms. The highest BCUT2D eigenvalue weighted by Gasteiger charge is 2.36. The zero-order valence-corrected chi connectivity index (χ0v) is 11.1. The van der Waals surface area contributed by atoms with Crippen molar-refractivity contribution in [3.05, 3.63) is 40.2 Å². The van der Waals surface area contributed by atoms with E-state index in [-0.39, 0.29) is 0 Å². The van der Waals surface area contributed by atoms with Gasteiger partial charge in [0, 0.05) is 17.0 Å². The number of aromatic nitrogens is 1. The van der Waals surface area contributed by atoms with Gasteiger partial charge in [0.15, 0.2) is 0 Å². The molecule has 1 aromatic heterocycles. The molecule has 4 heteroatoms. The number of hydrogen-bond donors (Lipinski definition) is 2. The van der Waals surface area contributed by atoms with Gasteiger partial charge in [-0.25, -0.2) is 4.98 Å². The van der Waals surface area contributed by atoms with Crippen molar-refractivity contribution in [3.8, 4) is 11.3 Å². The average Bonchev–Trinajstić information content (AvgIpc) is 2.98. The minimum Gasteiger partial charge on any atom is -0.381 e. The largest absolute Gasteiger partial charge is 0.381 e. The highest BCUT2D eigenvalue weighted by molar-refractivity contribution is 7.12. The van der Waals surface area contributed by atoms with Crippen LogP contribution in [0, 0.1) is 6.92 Å². The van der Waals surface area contributed by atoms with Gasteiger partial charge < -0.3 is 10.4 Å². The summed E-state index contributed by atoms with van der Waals surface area (Å²) in [5.74, 6) is 0. The maximum absolute atomic E-state index is 10.5. The van der Waals surface area contributed by atoms with Crippen LogP contribution >= 0.6 is 11.3 Å². The minimum absolute atomic E-state index is 0.605. The van der Waals surface area contributed by atoms with Crippen LogP contribution in [0.5, 0.6) is 0 Å². The van der Waals surface area contributed by atoms with Gasteiger partial charge >= 0.3 is 0 Å². The molecule has 1 atom stereocenters. The molecule has 3 rings (SSSR count). The molecule has 0 amide bonds. The quantitative estimate of drug-likeness (QED) is 0.871. The third-order valence-electron chi connectivity index (χ3n) is 3.37. The zero-order chi connectivity index (χ0) is 12.6. The summed E-state index contributed by atoms with van der Waals surface area (Å²) in [5.41, 5.74) is 1.34. The first kappa shape index (κ1) is 11.8. The van der Waals surface area contributed by atoms with Crippen molar-refractivity contribution in [2.24, 2.45) is 0 Å². The van der Waals surface area contributed by atoms with Gasteiger partial charge in [-0.1, -0.05) is 30.3 Å². The van der Waals surface area contributed by atoms with Crippen molar-refractivity contribution in [1.82, 2.24) is 10.3 Å². The molecule has 0 saturated carbocycles. The van der Waals surface area contributed by atoms with Crippen LogP contribution in [0.3, 0.4) is 0 Å². The van der Waals surface area contributed by atoms with Gasteiger partial charge in [-0.3, -0.25) is 0 Å². The predicted octanol–water partition coefficient (Wildman–Crippen LogP) is 2.30. The van der Waals surface area contributed by atoms with Gasteiger partial charge in [0.25, 0.3) is 0 Å². The van der Waals surface area contributed by atoms with E-state index < -0.39 is 5.60 Å². The third-order valence-corrected chi connectivity index (χ3v) is 4.54. The Morgan fingerprint density at radius 3 is 2.78 bits per heavy atom. The molecule has 0 spiro atoms. The number of nitrogens with zero attached hydrogens (tertiary/aromatic N) is 1. The molecule has 94 valence electrons. The summed E-state index contributed by atoms with van der Waals surface area (Å²) in [7, 11) is 0. The highest BCUT2D eigenvalue weighted by Crippen LogP contribution is 2.35. The van der Waals surface area contributed by atoms with Crippen LogP contribution in [0.2, 0.25) is 0 Å². The second-order valence-electron chi connectivity index (χ2n) is 4.75. The molecule has 1 unspecified atom stereocenters. The molecule has 1 fully saturated rings. The Bertz CT molecular complexity index is 544. The molecule has 2 heterocycles. The molecular formula is C14H16N2OS. The molecule has 1 aliphatic heterocycles. The Morgan fingerprint density at radius 1 is 1.33 bits per heavy atom. The van der Waals surface area contributed by atoms with E-state index in [0.29, 0.717) is 6.54 Å². The zero-order valence-electron chi connectivity index (χ0n) is 10.3. The topological polar surface area (TPSA) is 45.1 Å². The number of benzene rings is 1. The molecule has 2 aromatic rings. The molecule has 1 saturated heterocycles. The van der Waals surface area contributed by atoms with E-state index in [1.165, 1.54) is 0 Å². The number of aryl methyl sites for hydroxylation is 1. The van der Waals surface area contributed by atoms with Gasteiger partial charge in [0.05, 0.1) is 5.69 Å². The molecule has 3 nitrogen and oxygen atoms in total. The highest BCUT2D eigenvalue weighted by atomic mass is 32.1. The SMILES string of the molecule is Cc1sc(C2(O)CCNC2)nc1-c1ccccc1. The Hall–Kier alpha value is -1.23. The lowest BCUT2D eigenvalue weighted by molar-refractivity contribution is 0.0585. The van der Waals surface area contributed by atoms with E-state index in [0.717, 1.165) is 34.1 Å². The van der Waals surface area contributed by atoms with E-state index >= 15 is 0 Å². The van der Waals surface area contributed by atoms with Crippen LogP contribution < -0.4 is 5.32 Å². The second-order valence-corrected chi connectivity index (χ2v) is 5.95. The molecule has 0 aliphatic carbocycles. The number of β-amino-alcohol motifs (C(OH)–C–C–N with tert-alkyl or cyclic N) is 1. The Morgan fingerprint density at radius 2 is 2.11 bits per heavy atom. The first-order valence-electron chi connectivity index (χ1n) is 6.15. The summed E-state index contributed by atoms with van der Waals surface area (Å²) in [6, 6.07) is 10.1. The number of rotatable bonds is 2. The van der Waals surface area contributed by atoms with Crippen LogP contribution in [0.1, 0.15) is 16.3 Å². The van der Waals surface area contributed by atoms with Crippen molar-refractivity contribution < 1.29 is 5.11 Å². The number of aliphatic hydroxyl groups is 1. The summed E-state index contributed by atoms with van der Waals surface area (Å²) >= 11 is 1.60. The van der Waals surface area contributed by atoms with Gasteiger partial charge in [-0.05, 0) is 19.9 Å². The maximum Gasteiger partial charge on any atom is 0.130 e. The summed E-state index contributed by atoms with van der Waals surface area (Å²) in [6.45, 7) is 3.53. The first-order valence-corrected chi connectivity index (χ1v) is 6.97. The predicted molar refractivity (Wildman–Crippen MR) is 73.7 cm³/mol. The normalized spacial score (nSPS) is 23.4. The lowest BCUT2D eigenvalue weighted by Crippen LogP contribution is -2.28. The van der Waals surface area contributed by atoms with E-state index in [1.807, 2.05) is 18.2 Å². The van der Waals surface area contributed by atoms with Crippen LogP contribution in [-0.4, -0.2) is 23.2 Å². The Kier molecular flexibility index (Phi) is 2.93. The Balaban J connectivity index is 2.01. The number of thiazole rings is 1. The van der Waals surface area contributed by atoms with Gasteiger partial charge in [0.1, 0.15) is 10.6 Å². The fraction of sp³-hybridized carbons (Fsp3) is 0.357. The van der Waals surface area contributed by atoms with Crippen molar-refractivity contribution in [3.63, 3.8) is 0 Å². The van der Waals surface area contributed by atoms with Crippen LogP contribution in [0.25, 0.3) is 11.3 Å². The van der Waals surface area contributed by atoms with Crippen LogP contribution in [-0.2, 0) is 5.60 Å². The second kappa shape index (κ2) is 4.46. The van der Waals surface area contributed by atoms with Crippen LogP contribution in [0.4, 0.5) is 0 Å². The molecule has 1 aromatic carbocycles. The molecular weight excluding hydrogens is 244 g/mol. The third kappa shape index (κ3) is 1.96. The van der Waals surface area contributed by atoms with Gasteiger partial charge in [-0.2, -0.15) is 0 Å². The van der Waals surface area contributed by atoms with E-state index in [9.17, 15) is 5.11 Å². The van der Waals surface area contributed by atoms with Crippen molar-refractivity contribution in [2.75, 3.05) is 13.1 Å². The molecule has 18 heavy (non-hydrogen) atoms. The van der Waals surface area contributed by atoms with Gasteiger partial charge in [-0.15, -0.1) is 11.3 Å².